The predicted octanol–water partition coefficient (Wildman–Crippen LogP) is 0.599. The Kier molecular flexibility index (Phi) is 5.67. The number of hydrogen-bond donors (Lipinski definition) is 1. The number of carbonyl (C=O) groups is 2. The fraction of sp³-hybridized carbons (Fsp3) is 0.778. The Morgan fingerprint density at radius 1 is 1.43 bits per heavy atom. The molecule has 0 rings (SSSR count). The van der Waals surface area contributed by atoms with Gasteiger partial charge in [0.1, 0.15) is 6.54 Å². The Hall–Kier alpha value is -1.26. The van der Waals surface area contributed by atoms with Crippen molar-refractivity contribution < 1.29 is 14.3 Å². The molecule has 0 saturated heterocycles. The number of amides is 2. The van der Waals surface area contributed by atoms with Gasteiger partial charge >= 0.3 is 12.0 Å². The third-order valence-electron chi connectivity index (χ3n) is 1.70. The van der Waals surface area contributed by atoms with E-state index in [2.05, 4.69) is 5.32 Å². The van der Waals surface area contributed by atoms with E-state index in [9.17, 15) is 9.59 Å². The number of esters is 1. The lowest BCUT2D eigenvalue weighted by atomic mass is 10.3. The zero-order valence-corrected chi connectivity index (χ0v) is 9.16. The van der Waals surface area contributed by atoms with Crippen molar-refractivity contribution in [3.63, 3.8) is 0 Å². The van der Waals surface area contributed by atoms with Crippen LogP contribution in [0.4, 0.5) is 4.79 Å². The SMILES string of the molecule is CCOC(=O)CN(C(=O)NC)C(C)C. The first-order valence-corrected chi connectivity index (χ1v) is 4.66. The van der Waals surface area contributed by atoms with E-state index in [1.807, 2.05) is 13.8 Å². The van der Waals surface area contributed by atoms with Crippen LogP contribution in [0, 0.1) is 0 Å². The third kappa shape index (κ3) is 4.11. The lowest BCUT2D eigenvalue weighted by Gasteiger charge is -2.24. The Morgan fingerprint density at radius 2 is 2.00 bits per heavy atom. The van der Waals surface area contributed by atoms with Crippen LogP contribution in [0.5, 0.6) is 0 Å². The van der Waals surface area contributed by atoms with E-state index < -0.39 is 0 Å². The lowest BCUT2D eigenvalue weighted by Crippen LogP contribution is -2.45. The normalized spacial score (nSPS) is 9.79. The molecule has 0 heterocycles. The van der Waals surface area contributed by atoms with Gasteiger partial charge in [0.2, 0.25) is 0 Å². The zero-order chi connectivity index (χ0) is 11.1. The van der Waals surface area contributed by atoms with E-state index >= 15 is 0 Å². The van der Waals surface area contributed by atoms with Crippen LogP contribution in [0.1, 0.15) is 20.8 Å². The standard InChI is InChI=1S/C9H18N2O3/c1-5-14-8(12)6-11(7(2)3)9(13)10-4/h7H,5-6H2,1-4H3,(H,10,13). The molecule has 0 aromatic heterocycles. The molecule has 0 aliphatic carbocycles. The number of carbonyl (C=O) groups excluding carboxylic acids is 2. The molecule has 1 N–H and O–H groups in total. The summed E-state index contributed by atoms with van der Waals surface area (Å²) >= 11 is 0. The number of nitrogens with one attached hydrogen (secondary N) is 1. The van der Waals surface area contributed by atoms with Gasteiger partial charge in [0.05, 0.1) is 6.61 Å². The molecule has 14 heavy (non-hydrogen) atoms. The Balaban J connectivity index is 4.23. The molecule has 0 aromatic carbocycles. The van der Waals surface area contributed by atoms with Crippen molar-refractivity contribution in [3.05, 3.63) is 0 Å². The van der Waals surface area contributed by atoms with Crippen molar-refractivity contribution in [3.8, 4) is 0 Å². The van der Waals surface area contributed by atoms with Crippen molar-refractivity contribution in [2.75, 3.05) is 20.2 Å². The van der Waals surface area contributed by atoms with Crippen LogP contribution in [0.25, 0.3) is 0 Å². The van der Waals surface area contributed by atoms with Gasteiger partial charge in [0.25, 0.3) is 0 Å². The summed E-state index contributed by atoms with van der Waals surface area (Å²) in [6.45, 7) is 5.74. The van der Waals surface area contributed by atoms with E-state index in [0.717, 1.165) is 0 Å². The summed E-state index contributed by atoms with van der Waals surface area (Å²) in [5.41, 5.74) is 0. The molecule has 5 nitrogen and oxygen atoms in total. The molecule has 5 heteroatoms. The van der Waals surface area contributed by atoms with Crippen molar-refractivity contribution >= 4 is 12.0 Å². The molecule has 0 fully saturated rings. The minimum atomic E-state index is -0.384. The smallest absolute Gasteiger partial charge is 0.325 e. The van der Waals surface area contributed by atoms with Gasteiger partial charge < -0.3 is 15.0 Å². The fourth-order valence-corrected chi connectivity index (χ4v) is 0.978. The summed E-state index contributed by atoms with van der Waals surface area (Å²) in [4.78, 5) is 23.8. The Bertz CT molecular complexity index is 204. The van der Waals surface area contributed by atoms with Crippen LogP contribution in [0.3, 0.4) is 0 Å². The zero-order valence-electron chi connectivity index (χ0n) is 9.16. The van der Waals surface area contributed by atoms with Gasteiger partial charge in [0.15, 0.2) is 0 Å². The van der Waals surface area contributed by atoms with Crippen molar-refractivity contribution in [2.45, 2.75) is 26.8 Å². The minimum absolute atomic E-state index is 0.00875. The number of rotatable bonds is 4. The van der Waals surface area contributed by atoms with Gasteiger partial charge in [-0.3, -0.25) is 4.79 Å². The number of hydrogen-bond acceptors (Lipinski definition) is 3. The second-order valence-corrected chi connectivity index (χ2v) is 3.08. The first kappa shape index (κ1) is 12.7. The summed E-state index contributed by atoms with van der Waals surface area (Å²) in [6, 6.07) is -0.299. The molecule has 0 spiro atoms. The largest absolute Gasteiger partial charge is 0.465 e. The first-order valence-electron chi connectivity index (χ1n) is 4.66. The number of urea groups is 1. The summed E-state index contributed by atoms with van der Waals surface area (Å²) < 4.78 is 4.76. The molecule has 0 bridgehead atoms. The molecular formula is C9H18N2O3. The topological polar surface area (TPSA) is 58.6 Å². The summed E-state index contributed by atoms with van der Waals surface area (Å²) in [5, 5.41) is 2.47. The number of ether oxygens (including phenoxy) is 1. The number of nitrogens with zero attached hydrogens (tertiary/aromatic N) is 1. The molecule has 82 valence electrons. The van der Waals surface area contributed by atoms with E-state index in [0.29, 0.717) is 6.61 Å². The van der Waals surface area contributed by atoms with Crippen LogP contribution in [0.15, 0.2) is 0 Å². The van der Waals surface area contributed by atoms with E-state index in [1.54, 1.807) is 6.92 Å². The molecular weight excluding hydrogens is 184 g/mol. The van der Waals surface area contributed by atoms with Gasteiger partial charge in [-0.05, 0) is 20.8 Å². The van der Waals surface area contributed by atoms with Crippen LogP contribution < -0.4 is 5.32 Å². The van der Waals surface area contributed by atoms with Gasteiger partial charge in [-0.1, -0.05) is 0 Å². The van der Waals surface area contributed by atoms with Gasteiger partial charge in [-0.2, -0.15) is 0 Å². The van der Waals surface area contributed by atoms with E-state index in [4.69, 9.17) is 4.74 Å². The average Bonchev–Trinajstić information content (AvgIpc) is 2.13. The second kappa shape index (κ2) is 6.23. The van der Waals surface area contributed by atoms with Gasteiger partial charge in [-0.15, -0.1) is 0 Å². The average molecular weight is 202 g/mol. The minimum Gasteiger partial charge on any atom is -0.465 e. The maximum atomic E-state index is 11.3. The van der Waals surface area contributed by atoms with E-state index in [1.165, 1.54) is 11.9 Å². The Labute approximate surface area is 84.4 Å². The van der Waals surface area contributed by atoms with Gasteiger partial charge in [0, 0.05) is 13.1 Å². The highest BCUT2D eigenvalue weighted by atomic mass is 16.5. The maximum Gasteiger partial charge on any atom is 0.325 e. The molecule has 0 aliphatic heterocycles. The maximum absolute atomic E-state index is 11.3. The molecule has 0 atom stereocenters. The third-order valence-corrected chi connectivity index (χ3v) is 1.70. The first-order chi connectivity index (χ1) is 6.52. The molecule has 2 amide bonds. The molecule has 0 radical (unpaired) electrons. The quantitative estimate of drug-likeness (QED) is 0.679. The van der Waals surface area contributed by atoms with E-state index in [-0.39, 0.29) is 24.6 Å². The monoisotopic (exact) mass is 202 g/mol. The lowest BCUT2D eigenvalue weighted by molar-refractivity contribution is -0.144. The summed E-state index contributed by atoms with van der Waals surface area (Å²) in [5.74, 6) is -0.384. The highest BCUT2D eigenvalue weighted by Gasteiger charge is 2.19. The van der Waals surface area contributed by atoms with Crippen LogP contribution >= 0.6 is 0 Å². The van der Waals surface area contributed by atoms with Crippen molar-refractivity contribution in [1.29, 1.82) is 0 Å². The van der Waals surface area contributed by atoms with Gasteiger partial charge in [-0.25, -0.2) is 4.79 Å². The molecule has 0 saturated carbocycles. The predicted molar refractivity (Wildman–Crippen MR) is 52.9 cm³/mol. The molecule has 0 unspecified atom stereocenters. The van der Waals surface area contributed by atoms with Crippen molar-refractivity contribution in [2.24, 2.45) is 0 Å². The Morgan fingerprint density at radius 3 is 2.36 bits per heavy atom. The van der Waals surface area contributed by atoms with Crippen LogP contribution in [-0.4, -0.2) is 43.1 Å². The molecule has 0 aliphatic rings. The summed E-state index contributed by atoms with van der Waals surface area (Å²) in [7, 11) is 1.53. The second-order valence-electron chi connectivity index (χ2n) is 3.08. The van der Waals surface area contributed by atoms with Crippen molar-refractivity contribution in [1.82, 2.24) is 10.2 Å². The van der Waals surface area contributed by atoms with Crippen LogP contribution in [0.2, 0.25) is 0 Å². The highest BCUT2D eigenvalue weighted by molar-refractivity contribution is 5.80. The fourth-order valence-electron chi connectivity index (χ4n) is 0.978. The molecule has 0 aromatic rings. The summed E-state index contributed by atoms with van der Waals surface area (Å²) in [6.07, 6.45) is 0. The van der Waals surface area contributed by atoms with Crippen LogP contribution in [-0.2, 0) is 9.53 Å². The highest BCUT2D eigenvalue weighted by Crippen LogP contribution is 1.98.